The molecule has 0 atom stereocenters. The van der Waals surface area contributed by atoms with E-state index in [1.54, 1.807) is 0 Å². The molecule has 116 valence electrons. The number of thiocarbonyl (C=S) groups is 1. The van der Waals surface area contributed by atoms with Crippen molar-refractivity contribution in [2.45, 2.75) is 0 Å². The van der Waals surface area contributed by atoms with Gasteiger partial charge in [0.05, 0.1) is 10.6 Å². The van der Waals surface area contributed by atoms with Crippen LogP contribution in [-0.4, -0.2) is 4.86 Å². The summed E-state index contributed by atoms with van der Waals surface area (Å²) in [7, 11) is 0. The molecule has 1 aliphatic carbocycles. The average molecular weight is 348 g/mol. The van der Waals surface area contributed by atoms with Gasteiger partial charge in [-0.15, -0.1) is 0 Å². The molecular formula is C21H14ClNS. The molecular weight excluding hydrogens is 334 g/mol. The number of nitrogens with one attached hydrogen (secondary N) is 1. The van der Waals surface area contributed by atoms with Gasteiger partial charge in [0.1, 0.15) is 0 Å². The molecule has 1 nitrogen and oxygen atoms in total. The minimum Gasteiger partial charge on any atom is -0.354 e. The lowest BCUT2D eigenvalue weighted by Crippen LogP contribution is -2.00. The summed E-state index contributed by atoms with van der Waals surface area (Å²) >= 11 is 11.8. The van der Waals surface area contributed by atoms with Crippen molar-refractivity contribution in [2.24, 2.45) is 0 Å². The van der Waals surface area contributed by atoms with E-state index >= 15 is 0 Å². The van der Waals surface area contributed by atoms with Gasteiger partial charge < -0.3 is 5.32 Å². The molecule has 0 aromatic heterocycles. The van der Waals surface area contributed by atoms with Crippen molar-refractivity contribution < 1.29 is 0 Å². The van der Waals surface area contributed by atoms with Gasteiger partial charge in [-0.3, -0.25) is 0 Å². The highest BCUT2D eigenvalue weighted by molar-refractivity contribution is 7.82. The van der Waals surface area contributed by atoms with Gasteiger partial charge in [0.25, 0.3) is 0 Å². The quantitative estimate of drug-likeness (QED) is 0.578. The van der Waals surface area contributed by atoms with Crippen LogP contribution in [0.2, 0.25) is 5.02 Å². The van der Waals surface area contributed by atoms with Gasteiger partial charge in [0.15, 0.2) is 0 Å². The topological polar surface area (TPSA) is 12.0 Å². The van der Waals surface area contributed by atoms with Gasteiger partial charge in [0, 0.05) is 27.4 Å². The van der Waals surface area contributed by atoms with Crippen molar-refractivity contribution >= 4 is 45.6 Å². The molecule has 3 heteroatoms. The summed E-state index contributed by atoms with van der Waals surface area (Å²) in [6.45, 7) is 0. The number of allylic oxidation sites excluding steroid dienone is 1. The molecule has 0 saturated carbocycles. The van der Waals surface area contributed by atoms with E-state index in [0.29, 0.717) is 0 Å². The molecule has 0 bridgehead atoms. The van der Waals surface area contributed by atoms with Gasteiger partial charge in [-0.25, -0.2) is 0 Å². The van der Waals surface area contributed by atoms with Gasteiger partial charge in [0.2, 0.25) is 0 Å². The first kappa shape index (κ1) is 15.1. The molecule has 0 spiro atoms. The molecule has 1 aliphatic rings. The standard InChI is InChI=1S/C21H14ClNS/c22-15-12-10-14(11-13-15)19-20(23-16-6-2-1-3-7-16)17-8-4-5-9-18(17)21(19)24/h1-13,23H. The highest BCUT2D eigenvalue weighted by Crippen LogP contribution is 2.39. The Morgan fingerprint density at radius 3 is 2.04 bits per heavy atom. The maximum Gasteiger partial charge on any atom is 0.0558 e. The molecule has 0 heterocycles. The summed E-state index contributed by atoms with van der Waals surface area (Å²) in [5.41, 5.74) is 6.43. The van der Waals surface area contributed by atoms with Crippen molar-refractivity contribution in [3.63, 3.8) is 0 Å². The van der Waals surface area contributed by atoms with Crippen LogP contribution in [0.25, 0.3) is 11.3 Å². The second kappa shape index (κ2) is 6.23. The number of halogens is 1. The highest BCUT2D eigenvalue weighted by Gasteiger charge is 2.27. The fraction of sp³-hybridized carbons (Fsp3) is 0. The van der Waals surface area contributed by atoms with Crippen LogP contribution in [-0.2, 0) is 0 Å². The molecule has 0 radical (unpaired) electrons. The first-order valence-electron chi connectivity index (χ1n) is 7.70. The number of para-hydroxylation sites is 1. The maximum atomic E-state index is 6.05. The van der Waals surface area contributed by atoms with E-state index < -0.39 is 0 Å². The smallest absolute Gasteiger partial charge is 0.0558 e. The first-order valence-corrected chi connectivity index (χ1v) is 8.49. The van der Waals surface area contributed by atoms with Crippen LogP contribution in [0.1, 0.15) is 16.7 Å². The second-order valence-corrected chi connectivity index (χ2v) is 6.47. The number of hydrogen-bond donors (Lipinski definition) is 1. The van der Waals surface area contributed by atoms with Crippen molar-refractivity contribution in [3.05, 3.63) is 101 Å². The summed E-state index contributed by atoms with van der Waals surface area (Å²) < 4.78 is 0. The summed E-state index contributed by atoms with van der Waals surface area (Å²) in [5, 5.41) is 4.27. The van der Waals surface area contributed by atoms with E-state index in [0.717, 1.165) is 43.5 Å². The monoisotopic (exact) mass is 347 g/mol. The highest BCUT2D eigenvalue weighted by atomic mass is 35.5. The number of rotatable bonds is 3. The van der Waals surface area contributed by atoms with Gasteiger partial charge >= 0.3 is 0 Å². The van der Waals surface area contributed by atoms with Crippen LogP contribution in [0.15, 0.2) is 78.9 Å². The molecule has 24 heavy (non-hydrogen) atoms. The number of benzene rings is 3. The molecule has 0 aliphatic heterocycles. The lowest BCUT2D eigenvalue weighted by atomic mass is 10.0. The molecule has 0 amide bonds. The van der Waals surface area contributed by atoms with Crippen LogP contribution in [0.3, 0.4) is 0 Å². The molecule has 4 rings (SSSR count). The third-order valence-electron chi connectivity index (χ3n) is 4.09. The van der Waals surface area contributed by atoms with Crippen LogP contribution in [0.5, 0.6) is 0 Å². The van der Waals surface area contributed by atoms with Crippen LogP contribution in [0, 0.1) is 0 Å². The van der Waals surface area contributed by atoms with Gasteiger partial charge in [-0.2, -0.15) is 0 Å². The predicted molar refractivity (Wildman–Crippen MR) is 106 cm³/mol. The van der Waals surface area contributed by atoms with E-state index in [1.165, 1.54) is 0 Å². The van der Waals surface area contributed by atoms with Crippen molar-refractivity contribution in [1.29, 1.82) is 0 Å². The third-order valence-corrected chi connectivity index (χ3v) is 4.77. The zero-order valence-electron chi connectivity index (χ0n) is 12.8. The molecule has 1 N–H and O–H groups in total. The van der Waals surface area contributed by atoms with Crippen molar-refractivity contribution in [3.8, 4) is 0 Å². The zero-order valence-corrected chi connectivity index (χ0v) is 14.4. The fourth-order valence-corrected chi connectivity index (χ4v) is 3.49. The normalized spacial score (nSPS) is 13.1. The molecule has 3 aromatic rings. The van der Waals surface area contributed by atoms with E-state index in [1.807, 2.05) is 54.6 Å². The average Bonchev–Trinajstić information content (AvgIpc) is 2.89. The molecule has 0 unspecified atom stereocenters. The lowest BCUT2D eigenvalue weighted by Gasteiger charge is -2.12. The molecule has 3 aromatic carbocycles. The van der Waals surface area contributed by atoms with Gasteiger partial charge in [-0.1, -0.05) is 78.4 Å². The van der Waals surface area contributed by atoms with Crippen LogP contribution in [0.4, 0.5) is 5.69 Å². The maximum absolute atomic E-state index is 6.05. The Bertz CT molecular complexity index is 943. The zero-order chi connectivity index (χ0) is 16.5. The number of hydrogen-bond acceptors (Lipinski definition) is 2. The summed E-state index contributed by atoms with van der Waals surface area (Å²) in [6, 6.07) is 26.2. The summed E-state index contributed by atoms with van der Waals surface area (Å²) in [4.78, 5) is 0.867. The molecule has 0 fully saturated rings. The second-order valence-electron chi connectivity index (χ2n) is 5.62. The Labute approximate surface area is 151 Å². The Morgan fingerprint density at radius 1 is 0.708 bits per heavy atom. The SMILES string of the molecule is S=C1C(c2ccc(Cl)cc2)=C(Nc2ccccc2)c2ccccc21. The first-order chi connectivity index (χ1) is 11.7. The van der Waals surface area contributed by atoms with Crippen molar-refractivity contribution in [2.75, 3.05) is 5.32 Å². The lowest BCUT2D eigenvalue weighted by molar-refractivity contribution is 1.54. The minimum absolute atomic E-state index is 0.721. The van der Waals surface area contributed by atoms with E-state index in [2.05, 4.69) is 29.6 Å². The van der Waals surface area contributed by atoms with E-state index in [9.17, 15) is 0 Å². The Balaban J connectivity index is 1.89. The summed E-state index contributed by atoms with van der Waals surface area (Å²) in [6.07, 6.45) is 0. The van der Waals surface area contributed by atoms with E-state index in [4.69, 9.17) is 23.8 Å². The Kier molecular flexibility index (Phi) is 3.93. The Morgan fingerprint density at radius 2 is 1.33 bits per heavy atom. The van der Waals surface area contributed by atoms with E-state index in [-0.39, 0.29) is 0 Å². The Hall–Kier alpha value is -2.42. The van der Waals surface area contributed by atoms with Crippen LogP contribution < -0.4 is 5.32 Å². The van der Waals surface area contributed by atoms with Crippen molar-refractivity contribution in [1.82, 2.24) is 0 Å². The number of anilines is 1. The molecule has 0 saturated heterocycles. The predicted octanol–water partition coefficient (Wildman–Crippen LogP) is 6.05. The number of fused-ring (bicyclic) bond motifs is 1. The van der Waals surface area contributed by atoms with Gasteiger partial charge in [-0.05, 0) is 29.8 Å². The largest absolute Gasteiger partial charge is 0.354 e. The third kappa shape index (κ3) is 2.64. The minimum atomic E-state index is 0.721. The fourth-order valence-electron chi connectivity index (χ4n) is 2.97. The van der Waals surface area contributed by atoms with Crippen LogP contribution >= 0.6 is 23.8 Å². The summed E-state index contributed by atoms with van der Waals surface area (Å²) in [5.74, 6) is 0.